The van der Waals surface area contributed by atoms with Crippen molar-refractivity contribution in [3.63, 3.8) is 0 Å². The summed E-state index contributed by atoms with van der Waals surface area (Å²) in [5, 5.41) is 2.15. The summed E-state index contributed by atoms with van der Waals surface area (Å²) < 4.78 is 0. The second-order valence-corrected chi connectivity index (χ2v) is 7.19. The highest BCUT2D eigenvalue weighted by molar-refractivity contribution is 7.10. The van der Waals surface area contributed by atoms with E-state index >= 15 is 0 Å². The van der Waals surface area contributed by atoms with E-state index < -0.39 is 5.54 Å². The van der Waals surface area contributed by atoms with Crippen molar-refractivity contribution in [2.45, 2.75) is 63.5 Å². The predicted octanol–water partition coefficient (Wildman–Crippen LogP) is 3.25. The molecule has 1 unspecified atom stereocenters. The molecule has 4 heteroatoms. The van der Waals surface area contributed by atoms with Crippen LogP contribution >= 0.6 is 11.3 Å². The van der Waals surface area contributed by atoms with Crippen molar-refractivity contribution in [1.29, 1.82) is 0 Å². The average molecular weight is 292 g/mol. The topological polar surface area (TPSA) is 46.3 Å². The molecule has 3 rings (SSSR count). The molecule has 1 aliphatic heterocycles. The van der Waals surface area contributed by atoms with Crippen LogP contribution in [0.25, 0.3) is 0 Å². The van der Waals surface area contributed by atoms with Gasteiger partial charge in [-0.25, -0.2) is 0 Å². The molecule has 3 nitrogen and oxygen atoms in total. The van der Waals surface area contributed by atoms with E-state index in [-0.39, 0.29) is 11.9 Å². The van der Waals surface area contributed by atoms with Crippen LogP contribution in [-0.4, -0.2) is 22.9 Å². The van der Waals surface area contributed by atoms with Crippen molar-refractivity contribution >= 4 is 17.2 Å². The molecule has 110 valence electrons. The Morgan fingerprint density at radius 3 is 2.90 bits per heavy atom. The molecule has 20 heavy (non-hydrogen) atoms. The van der Waals surface area contributed by atoms with E-state index in [1.54, 1.807) is 0 Å². The Morgan fingerprint density at radius 2 is 2.20 bits per heavy atom. The molecule has 1 aliphatic carbocycles. The fourth-order valence-corrected chi connectivity index (χ4v) is 4.69. The number of thiophene rings is 1. The lowest BCUT2D eigenvalue weighted by Gasteiger charge is -2.42. The van der Waals surface area contributed by atoms with Gasteiger partial charge in [-0.15, -0.1) is 11.3 Å². The normalized spacial score (nSPS) is 25.3. The summed E-state index contributed by atoms with van der Waals surface area (Å²) in [6.45, 7) is 3.01. The maximum atomic E-state index is 13.0. The number of rotatable bonds is 2. The highest BCUT2D eigenvalue weighted by atomic mass is 32.1. The summed E-state index contributed by atoms with van der Waals surface area (Å²) in [7, 11) is 0. The average Bonchev–Trinajstić information content (AvgIpc) is 2.94. The molecule has 2 N–H and O–H groups in total. The van der Waals surface area contributed by atoms with Gasteiger partial charge in [0, 0.05) is 11.4 Å². The summed E-state index contributed by atoms with van der Waals surface area (Å²) in [6.07, 6.45) is 7.09. The van der Waals surface area contributed by atoms with Crippen LogP contribution in [0, 0.1) is 0 Å². The molecule has 2 aliphatic rings. The zero-order valence-electron chi connectivity index (χ0n) is 12.2. The molecule has 1 aromatic rings. The van der Waals surface area contributed by atoms with Gasteiger partial charge in [-0.1, -0.05) is 26.2 Å². The molecule has 0 spiro atoms. The van der Waals surface area contributed by atoms with Gasteiger partial charge in [-0.2, -0.15) is 0 Å². The number of hydrogen-bond donors (Lipinski definition) is 1. The lowest BCUT2D eigenvalue weighted by atomic mass is 9.80. The lowest BCUT2D eigenvalue weighted by Crippen LogP contribution is -2.58. The summed E-state index contributed by atoms with van der Waals surface area (Å²) in [4.78, 5) is 16.5. The molecule has 1 atom stereocenters. The van der Waals surface area contributed by atoms with E-state index in [1.807, 2.05) is 11.3 Å². The van der Waals surface area contributed by atoms with Gasteiger partial charge in [-0.3, -0.25) is 4.79 Å². The predicted molar refractivity (Wildman–Crippen MR) is 82.8 cm³/mol. The van der Waals surface area contributed by atoms with Crippen LogP contribution in [-0.2, 0) is 11.2 Å². The SMILES string of the molecule is CCC1c2ccsc2CCN1C(=O)C1(N)CCCCC1. The van der Waals surface area contributed by atoms with Crippen molar-refractivity contribution in [1.82, 2.24) is 4.90 Å². The zero-order chi connectivity index (χ0) is 14.2. The Labute approximate surface area is 125 Å². The first kappa shape index (κ1) is 14.1. The zero-order valence-corrected chi connectivity index (χ0v) is 13.0. The first-order valence-electron chi connectivity index (χ1n) is 7.82. The standard InChI is InChI=1S/C16H24N2OS/c1-2-13-12-7-11-20-14(12)6-10-18(13)15(19)16(17)8-4-3-5-9-16/h7,11,13H,2-6,8-10,17H2,1H3. The minimum absolute atomic E-state index is 0.195. The van der Waals surface area contributed by atoms with Gasteiger partial charge in [0.05, 0.1) is 11.6 Å². The van der Waals surface area contributed by atoms with Gasteiger partial charge in [0.15, 0.2) is 0 Å². The van der Waals surface area contributed by atoms with E-state index in [1.165, 1.54) is 16.9 Å². The largest absolute Gasteiger partial charge is 0.334 e. The first-order chi connectivity index (χ1) is 9.65. The van der Waals surface area contributed by atoms with Crippen LogP contribution in [0.5, 0.6) is 0 Å². The Balaban J connectivity index is 1.84. The molecule has 1 amide bonds. The monoisotopic (exact) mass is 292 g/mol. The van der Waals surface area contributed by atoms with Crippen molar-refractivity contribution in [3.05, 3.63) is 21.9 Å². The third kappa shape index (κ3) is 2.29. The van der Waals surface area contributed by atoms with Gasteiger partial charge in [0.25, 0.3) is 0 Å². The molecule has 1 aromatic heterocycles. The highest BCUT2D eigenvalue weighted by Gasteiger charge is 2.41. The Hall–Kier alpha value is -0.870. The number of carbonyl (C=O) groups excluding carboxylic acids is 1. The Kier molecular flexibility index (Phi) is 3.87. The minimum atomic E-state index is -0.598. The fraction of sp³-hybridized carbons (Fsp3) is 0.688. The molecule has 0 aromatic carbocycles. The quantitative estimate of drug-likeness (QED) is 0.909. The number of hydrogen-bond acceptors (Lipinski definition) is 3. The van der Waals surface area contributed by atoms with Crippen LogP contribution in [0.1, 0.15) is 61.9 Å². The van der Waals surface area contributed by atoms with Gasteiger partial charge in [0.1, 0.15) is 0 Å². The molecule has 1 fully saturated rings. The maximum Gasteiger partial charge on any atom is 0.243 e. The van der Waals surface area contributed by atoms with Crippen LogP contribution < -0.4 is 5.73 Å². The van der Waals surface area contributed by atoms with Crippen LogP contribution in [0.15, 0.2) is 11.4 Å². The van der Waals surface area contributed by atoms with E-state index in [9.17, 15) is 4.79 Å². The summed E-state index contributed by atoms with van der Waals surface area (Å²) in [5.41, 5.74) is 7.22. The molecule has 0 saturated heterocycles. The minimum Gasteiger partial charge on any atom is -0.334 e. The summed E-state index contributed by atoms with van der Waals surface area (Å²) >= 11 is 1.82. The number of amides is 1. The van der Waals surface area contributed by atoms with Crippen LogP contribution in [0.2, 0.25) is 0 Å². The smallest absolute Gasteiger partial charge is 0.243 e. The molecular weight excluding hydrogens is 268 g/mol. The number of nitrogens with two attached hydrogens (primary N) is 1. The van der Waals surface area contributed by atoms with Crippen LogP contribution in [0.3, 0.4) is 0 Å². The summed E-state index contributed by atoms with van der Waals surface area (Å²) in [5.74, 6) is 0.195. The summed E-state index contributed by atoms with van der Waals surface area (Å²) in [6, 6.07) is 2.43. The fourth-order valence-electron chi connectivity index (χ4n) is 3.76. The maximum absolute atomic E-state index is 13.0. The van der Waals surface area contributed by atoms with E-state index in [0.717, 1.165) is 45.1 Å². The van der Waals surface area contributed by atoms with E-state index in [0.29, 0.717) is 0 Å². The number of carbonyl (C=O) groups is 1. The Morgan fingerprint density at radius 1 is 1.45 bits per heavy atom. The second-order valence-electron chi connectivity index (χ2n) is 6.19. The van der Waals surface area contributed by atoms with Crippen molar-refractivity contribution in [3.8, 4) is 0 Å². The molecule has 2 heterocycles. The third-order valence-corrected chi connectivity index (χ3v) is 5.91. The molecule has 0 bridgehead atoms. The number of nitrogens with zero attached hydrogens (tertiary/aromatic N) is 1. The van der Waals surface area contributed by atoms with Gasteiger partial charge >= 0.3 is 0 Å². The van der Waals surface area contributed by atoms with Gasteiger partial charge < -0.3 is 10.6 Å². The number of fused-ring (bicyclic) bond motifs is 1. The molecule has 1 saturated carbocycles. The van der Waals surface area contributed by atoms with Crippen molar-refractivity contribution in [2.75, 3.05) is 6.54 Å². The first-order valence-corrected chi connectivity index (χ1v) is 8.70. The van der Waals surface area contributed by atoms with Crippen LogP contribution in [0.4, 0.5) is 0 Å². The lowest BCUT2D eigenvalue weighted by molar-refractivity contribution is -0.141. The highest BCUT2D eigenvalue weighted by Crippen LogP contribution is 2.38. The van der Waals surface area contributed by atoms with Crippen molar-refractivity contribution in [2.24, 2.45) is 5.73 Å². The van der Waals surface area contributed by atoms with Gasteiger partial charge in [-0.05, 0) is 42.7 Å². The molecule has 0 radical (unpaired) electrons. The second kappa shape index (κ2) is 5.49. The third-order valence-electron chi connectivity index (χ3n) is 4.91. The van der Waals surface area contributed by atoms with E-state index in [2.05, 4.69) is 23.3 Å². The van der Waals surface area contributed by atoms with Crippen molar-refractivity contribution < 1.29 is 4.79 Å². The van der Waals surface area contributed by atoms with Gasteiger partial charge in [0.2, 0.25) is 5.91 Å². The Bertz CT molecular complexity index is 490. The van der Waals surface area contributed by atoms with E-state index in [4.69, 9.17) is 5.73 Å². The molecular formula is C16H24N2OS.